The third kappa shape index (κ3) is 3.08. The van der Waals surface area contributed by atoms with Crippen LogP contribution in [0.2, 0.25) is 0 Å². The van der Waals surface area contributed by atoms with Gasteiger partial charge in [0.2, 0.25) is 0 Å². The van der Waals surface area contributed by atoms with Gasteiger partial charge in [-0.05, 0) is 17.7 Å². The van der Waals surface area contributed by atoms with Gasteiger partial charge >= 0.3 is 6.18 Å². The molecule has 0 aliphatic rings. The smallest absolute Gasteiger partial charge is 0.399 e. The van der Waals surface area contributed by atoms with E-state index >= 15 is 0 Å². The van der Waals surface area contributed by atoms with E-state index in [2.05, 4.69) is 4.98 Å². The summed E-state index contributed by atoms with van der Waals surface area (Å²) in [5.41, 5.74) is 10.6. The maximum atomic E-state index is 12.7. The molecule has 0 fully saturated rings. The number of nitrogen functional groups attached to an aromatic ring is 1. The molecule has 2 rings (SSSR count). The molecular formula is C12H10F3N3OS. The van der Waals surface area contributed by atoms with E-state index in [9.17, 15) is 18.0 Å². The molecule has 1 aromatic carbocycles. The lowest BCUT2D eigenvalue weighted by atomic mass is 10.1. The standard InChI is InChI=1S/C12H10F3N3OS/c13-12(14,15)10-9(11(17)19)20-8(18-10)5-6-1-3-7(16)4-2-6/h1-4H,5,16H2,(H2,17,19). The van der Waals surface area contributed by atoms with Crippen LogP contribution in [0.3, 0.4) is 0 Å². The van der Waals surface area contributed by atoms with Gasteiger partial charge in [-0.25, -0.2) is 4.98 Å². The molecule has 0 spiro atoms. The van der Waals surface area contributed by atoms with Gasteiger partial charge < -0.3 is 11.5 Å². The van der Waals surface area contributed by atoms with Crippen LogP contribution in [0, 0.1) is 0 Å². The Hall–Kier alpha value is -2.09. The molecule has 0 radical (unpaired) electrons. The van der Waals surface area contributed by atoms with Gasteiger partial charge in [0, 0.05) is 12.1 Å². The van der Waals surface area contributed by atoms with E-state index in [1.54, 1.807) is 24.3 Å². The lowest BCUT2D eigenvalue weighted by Crippen LogP contribution is -2.16. The highest BCUT2D eigenvalue weighted by atomic mass is 32.1. The molecule has 20 heavy (non-hydrogen) atoms. The Balaban J connectivity index is 2.34. The van der Waals surface area contributed by atoms with Crippen molar-refractivity contribution in [3.05, 3.63) is 45.4 Å². The summed E-state index contributed by atoms with van der Waals surface area (Å²) >= 11 is 0.657. The second-order valence-corrected chi connectivity index (χ2v) is 5.15. The third-order valence-corrected chi connectivity index (χ3v) is 3.57. The lowest BCUT2D eigenvalue weighted by molar-refractivity contribution is -0.141. The maximum Gasteiger partial charge on any atom is 0.435 e. The summed E-state index contributed by atoms with van der Waals surface area (Å²) in [4.78, 5) is 14.0. The van der Waals surface area contributed by atoms with Crippen molar-refractivity contribution in [2.24, 2.45) is 5.73 Å². The third-order valence-electron chi connectivity index (χ3n) is 2.50. The molecule has 2 aromatic rings. The van der Waals surface area contributed by atoms with E-state index in [0.29, 0.717) is 17.0 Å². The number of hydrogen-bond donors (Lipinski definition) is 2. The van der Waals surface area contributed by atoms with E-state index in [0.717, 1.165) is 5.56 Å². The van der Waals surface area contributed by atoms with Crippen molar-refractivity contribution in [2.75, 3.05) is 5.73 Å². The van der Waals surface area contributed by atoms with Crippen LogP contribution in [-0.2, 0) is 12.6 Å². The summed E-state index contributed by atoms with van der Waals surface area (Å²) in [6, 6.07) is 6.66. The highest BCUT2D eigenvalue weighted by molar-refractivity contribution is 7.13. The summed E-state index contributed by atoms with van der Waals surface area (Å²) in [7, 11) is 0. The molecule has 1 aromatic heterocycles. The number of nitrogens with two attached hydrogens (primary N) is 2. The number of amides is 1. The van der Waals surface area contributed by atoms with E-state index in [4.69, 9.17) is 11.5 Å². The van der Waals surface area contributed by atoms with E-state index in [1.165, 1.54) is 0 Å². The minimum atomic E-state index is -4.69. The van der Waals surface area contributed by atoms with Crippen LogP contribution in [0.15, 0.2) is 24.3 Å². The van der Waals surface area contributed by atoms with Gasteiger partial charge in [-0.3, -0.25) is 4.79 Å². The first-order chi connectivity index (χ1) is 9.27. The highest BCUT2D eigenvalue weighted by Gasteiger charge is 2.39. The summed E-state index contributed by atoms with van der Waals surface area (Å²) in [5.74, 6) is -1.13. The number of hydrogen-bond acceptors (Lipinski definition) is 4. The van der Waals surface area contributed by atoms with E-state index < -0.39 is 22.7 Å². The topological polar surface area (TPSA) is 82.0 Å². The molecular weight excluding hydrogens is 291 g/mol. The molecule has 0 saturated carbocycles. The molecule has 0 saturated heterocycles. The molecule has 1 heterocycles. The van der Waals surface area contributed by atoms with Gasteiger partial charge in [-0.2, -0.15) is 13.2 Å². The zero-order valence-electron chi connectivity index (χ0n) is 10.1. The van der Waals surface area contributed by atoms with Crippen molar-refractivity contribution in [3.8, 4) is 0 Å². The number of thiazole rings is 1. The average Bonchev–Trinajstić information content (AvgIpc) is 2.76. The molecule has 0 aliphatic heterocycles. The molecule has 106 valence electrons. The van der Waals surface area contributed by atoms with Crippen molar-refractivity contribution in [1.82, 2.24) is 4.98 Å². The number of carbonyl (C=O) groups is 1. The fraction of sp³-hybridized carbons (Fsp3) is 0.167. The van der Waals surface area contributed by atoms with Crippen molar-refractivity contribution in [1.29, 1.82) is 0 Å². The summed E-state index contributed by atoms with van der Waals surface area (Å²) in [6.07, 6.45) is -4.51. The van der Waals surface area contributed by atoms with Crippen LogP contribution < -0.4 is 11.5 Å². The van der Waals surface area contributed by atoms with Crippen molar-refractivity contribution in [3.63, 3.8) is 0 Å². The monoisotopic (exact) mass is 301 g/mol. The van der Waals surface area contributed by atoms with Crippen LogP contribution in [0.4, 0.5) is 18.9 Å². The number of benzene rings is 1. The SMILES string of the molecule is NC(=O)c1sc(Cc2ccc(N)cc2)nc1C(F)(F)F. The second kappa shape index (κ2) is 5.12. The van der Waals surface area contributed by atoms with Gasteiger partial charge in [-0.15, -0.1) is 11.3 Å². The van der Waals surface area contributed by atoms with Crippen molar-refractivity contribution < 1.29 is 18.0 Å². The van der Waals surface area contributed by atoms with Crippen LogP contribution >= 0.6 is 11.3 Å². The second-order valence-electron chi connectivity index (χ2n) is 4.07. The normalized spacial score (nSPS) is 11.6. The molecule has 4 nitrogen and oxygen atoms in total. The number of nitrogens with zero attached hydrogens (tertiary/aromatic N) is 1. The number of aromatic nitrogens is 1. The number of primary amides is 1. The van der Waals surface area contributed by atoms with Gasteiger partial charge in [-0.1, -0.05) is 12.1 Å². The predicted octanol–water partition coefficient (Wildman–Crippen LogP) is 2.43. The first-order valence-electron chi connectivity index (χ1n) is 5.48. The Labute approximate surface area is 116 Å². The predicted molar refractivity (Wildman–Crippen MR) is 69.3 cm³/mol. The summed E-state index contributed by atoms with van der Waals surface area (Å²) in [5, 5.41) is 0.177. The Kier molecular flexibility index (Phi) is 3.67. The van der Waals surface area contributed by atoms with Crippen LogP contribution in [0.25, 0.3) is 0 Å². The maximum absolute atomic E-state index is 12.7. The van der Waals surface area contributed by atoms with Crippen LogP contribution in [0.5, 0.6) is 0 Å². The number of halogens is 3. The fourth-order valence-electron chi connectivity index (χ4n) is 1.61. The molecule has 0 unspecified atom stereocenters. The molecule has 0 bridgehead atoms. The van der Waals surface area contributed by atoms with E-state index in [1.807, 2.05) is 0 Å². The summed E-state index contributed by atoms with van der Waals surface area (Å²) in [6.45, 7) is 0. The Morgan fingerprint density at radius 2 is 1.85 bits per heavy atom. The van der Waals surface area contributed by atoms with Crippen LogP contribution in [-0.4, -0.2) is 10.9 Å². The number of alkyl halides is 3. The zero-order valence-corrected chi connectivity index (χ0v) is 10.9. The average molecular weight is 301 g/mol. The molecule has 0 atom stereocenters. The van der Waals surface area contributed by atoms with Gasteiger partial charge in [0.1, 0.15) is 4.88 Å². The first kappa shape index (κ1) is 14.3. The number of rotatable bonds is 3. The van der Waals surface area contributed by atoms with Gasteiger partial charge in [0.05, 0.1) is 5.01 Å². The zero-order chi connectivity index (χ0) is 14.9. The minimum absolute atomic E-state index is 0.177. The van der Waals surface area contributed by atoms with Crippen molar-refractivity contribution >= 4 is 22.9 Å². The fourth-order valence-corrected chi connectivity index (χ4v) is 2.58. The largest absolute Gasteiger partial charge is 0.435 e. The quantitative estimate of drug-likeness (QED) is 0.854. The number of carbonyl (C=O) groups excluding carboxylic acids is 1. The van der Waals surface area contributed by atoms with Crippen LogP contribution in [0.1, 0.15) is 25.9 Å². The van der Waals surface area contributed by atoms with Gasteiger partial charge in [0.15, 0.2) is 5.69 Å². The molecule has 4 N–H and O–H groups in total. The Morgan fingerprint density at radius 1 is 1.25 bits per heavy atom. The van der Waals surface area contributed by atoms with Crippen molar-refractivity contribution in [2.45, 2.75) is 12.6 Å². The Bertz CT molecular complexity index is 634. The minimum Gasteiger partial charge on any atom is -0.399 e. The van der Waals surface area contributed by atoms with Gasteiger partial charge in [0.25, 0.3) is 5.91 Å². The summed E-state index contributed by atoms with van der Waals surface area (Å²) < 4.78 is 38.2. The number of anilines is 1. The van der Waals surface area contributed by atoms with E-state index in [-0.39, 0.29) is 11.4 Å². The molecule has 8 heteroatoms. The Morgan fingerprint density at radius 3 is 2.30 bits per heavy atom. The molecule has 0 aliphatic carbocycles. The molecule has 1 amide bonds. The lowest BCUT2D eigenvalue weighted by Gasteiger charge is -2.03. The highest BCUT2D eigenvalue weighted by Crippen LogP contribution is 2.34. The first-order valence-corrected chi connectivity index (χ1v) is 6.30.